The molecule has 112 valence electrons. The van der Waals surface area contributed by atoms with Crippen LogP contribution in [-0.4, -0.2) is 24.3 Å². The van der Waals surface area contributed by atoms with E-state index in [2.05, 4.69) is 12.2 Å². The number of benzene rings is 1. The van der Waals surface area contributed by atoms with Crippen molar-refractivity contribution in [2.45, 2.75) is 39.2 Å². The van der Waals surface area contributed by atoms with Gasteiger partial charge in [-0.3, -0.25) is 9.59 Å². The first-order chi connectivity index (χ1) is 9.06. The topological polar surface area (TPSA) is 72.2 Å². The van der Waals surface area contributed by atoms with Crippen LogP contribution in [-0.2, 0) is 11.2 Å². The molecule has 0 unspecified atom stereocenters. The van der Waals surface area contributed by atoms with Crippen LogP contribution in [0.25, 0.3) is 0 Å². The van der Waals surface area contributed by atoms with Gasteiger partial charge in [0.05, 0.1) is 0 Å². The van der Waals surface area contributed by atoms with Crippen molar-refractivity contribution < 1.29 is 9.59 Å². The Bertz CT molecular complexity index is 432. The molecule has 0 aliphatic heterocycles. The molecule has 0 aromatic heterocycles. The molecule has 20 heavy (non-hydrogen) atoms. The van der Waals surface area contributed by atoms with Gasteiger partial charge in [-0.25, -0.2) is 0 Å². The summed E-state index contributed by atoms with van der Waals surface area (Å²) in [5, 5.41) is 2.74. The summed E-state index contributed by atoms with van der Waals surface area (Å²) < 4.78 is 0. The lowest BCUT2D eigenvalue weighted by Crippen LogP contribution is -2.37. The van der Waals surface area contributed by atoms with Gasteiger partial charge in [0, 0.05) is 31.0 Å². The third kappa shape index (κ3) is 6.17. The van der Waals surface area contributed by atoms with Crippen molar-refractivity contribution in [1.82, 2.24) is 5.32 Å². The van der Waals surface area contributed by atoms with Gasteiger partial charge in [0.25, 0.3) is 0 Å². The molecule has 0 bridgehead atoms. The van der Waals surface area contributed by atoms with Gasteiger partial charge in [0.1, 0.15) is 0 Å². The molecule has 3 N–H and O–H groups in total. The predicted molar refractivity (Wildman–Crippen MR) is 83.3 cm³/mol. The zero-order valence-electron chi connectivity index (χ0n) is 12.0. The van der Waals surface area contributed by atoms with Gasteiger partial charge in [-0.2, -0.15) is 0 Å². The molecule has 0 radical (unpaired) electrons. The summed E-state index contributed by atoms with van der Waals surface area (Å²) in [5.41, 5.74) is 7.28. The van der Waals surface area contributed by atoms with Gasteiger partial charge in [-0.1, -0.05) is 31.2 Å². The van der Waals surface area contributed by atoms with Crippen LogP contribution in [0.15, 0.2) is 24.3 Å². The molecule has 0 heterocycles. The third-order valence-corrected chi connectivity index (χ3v) is 3.02. The number of halogens is 1. The van der Waals surface area contributed by atoms with E-state index in [0.29, 0.717) is 12.1 Å². The van der Waals surface area contributed by atoms with E-state index in [0.717, 1.165) is 6.42 Å². The summed E-state index contributed by atoms with van der Waals surface area (Å²) in [4.78, 5) is 23.4. The molecule has 0 saturated heterocycles. The Labute approximate surface area is 126 Å². The van der Waals surface area contributed by atoms with E-state index >= 15 is 0 Å². The first kappa shape index (κ1) is 18.6. The Kier molecular flexibility index (Phi) is 8.84. The highest BCUT2D eigenvalue weighted by Crippen LogP contribution is 2.08. The van der Waals surface area contributed by atoms with Crippen LogP contribution in [0.4, 0.5) is 0 Å². The van der Waals surface area contributed by atoms with E-state index < -0.39 is 0 Å². The van der Waals surface area contributed by atoms with Gasteiger partial charge in [-0.15, -0.1) is 12.4 Å². The monoisotopic (exact) mass is 298 g/mol. The summed E-state index contributed by atoms with van der Waals surface area (Å²) in [6.07, 6.45) is 1.39. The minimum atomic E-state index is -0.128. The van der Waals surface area contributed by atoms with Crippen LogP contribution >= 0.6 is 12.4 Å². The molecular formula is C15H23ClN2O2. The Balaban J connectivity index is 0.00000361. The normalized spacial score (nSPS) is 11.3. The van der Waals surface area contributed by atoms with Crippen LogP contribution < -0.4 is 11.1 Å². The van der Waals surface area contributed by atoms with Gasteiger partial charge in [0.15, 0.2) is 5.78 Å². The highest BCUT2D eigenvalue weighted by atomic mass is 35.5. The van der Waals surface area contributed by atoms with Crippen molar-refractivity contribution in [3.8, 4) is 0 Å². The Morgan fingerprint density at radius 3 is 2.30 bits per heavy atom. The summed E-state index contributed by atoms with van der Waals surface area (Å²) in [6, 6.07) is 7.49. The van der Waals surface area contributed by atoms with Crippen molar-refractivity contribution in [3.63, 3.8) is 0 Å². The van der Waals surface area contributed by atoms with Gasteiger partial charge >= 0.3 is 0 Å². The standard InChI is InChI=1S/C15H22N2O2.ClH/c1-3-12-4-6-13(7-5-12)14(18)8-9-15(19)17-11(2)10-16;/h4-7,11H,3,8-10,16H2,1-2H3,(H,17,19);1H/t11-;/m0./s1. The number of amides is 1. The van der Waals surface area contributed by atoms with E-state index in [-0.39, 0.29) is 43.0 Å². The molecule has 0 aliphatic rings. The van der Waals surface area contributed by atoms with Crippen molar-refractivity contribution in [3.05, 3.63) is 35.4 Å². The largest absolute Gasteiger partial charge is 0.352 e. The maximum Gasteiger partial charge on any atom is 0.220 e. The number of carbonyl (C=O) groups is 2. The first-order valence-electron chi connectivity index (χ1n) is 6.68. The summed E-state index contributed by atoms with van der Waals surface area (Å²) in [7, 11) is 0. The van der Waals surface area contributed by atoms with Crippen molar-refractivity contribution in [2.75, 3.05) is 6.54 Å². The number of nitrogens with one attached hydrogen (secondary N) is 1. The predicted octanol–water partition coefficient (Wildman–Crippen LogP) is 2.10. The number of hydrogen-bond donors (Lipinski definition) is 2. The minimum Gasteiger partial charge on any atom is -0.352 e. The van der Waals surface area contributed by atoms with Gasteiger partial charge < -0.3 is 11.1 Å². The fraction of sp³-hybridized carbons (Fsp3) is 0.467. The average Bonchev–Trinajstić information content (AvgIpc) is 2.44. The fourth-order valence-corrected chi connectivity index (χ4v) is 1.70. The van der Waals surface area contributed by atoms with Gasteiger partial charge in [-0.05, 0) is 18.9 Å². The molecule has 1 rings (SSSR count). The second kappa shape index (κ2) is 9.50. The quantitative estimate of drug-likeness (QED) is 0.757. The number of rotatable bonds is 7. The fourth-order valence-electron chi connectivity index (χ4n) is 1.70. The molecule has 0 aliphatic carbocycles. The SMILES string of the molecule is CCc1ccc(C(=O)CCC(=O)N[C@@H](C)CN)cc1.Cl. The highest BCUT2D eigenvalue weighted by Gasteiger charge is 2.10. The molecule has 5 heteroatoms. The van der Waals surface area contributed by atoms with E-state index in [4.69, 9.17) is 5.73 Å². The number of Topliss-reactive ketones (excluding diaryl/α,β-unsaturated/α-hetero) is 1. The third-order valence-electron chi connectivity index (χ3n) is 3.02. The maximum atomic E-state index is 11.9. The number of aryl methyl sites for hydroxylation is 1. The zero-order chi connectivity index (χ0) is 14.3. The van der Waals surface area contributed by atoms with Crippen molar-refractivity contribution >= 4 is 24.1 Å². The lowest BCUT2D eigenvalue weighted by Gasteiger charge is -2.10. The van der Waals surface area contributed by atoms with Crippen molar-refractivity contribution in [2.24, 2.45) is 5.73 Å². The molecule has 0 fully saturated rings. The summed E-state index contributed by atoms with van der Waals surface area (Å²) >= 11 is 0. The Hall–Kier alpha value is -1.39. The summed E-state index contributed by atoms with van der Waals surface area (Å²) in [5.74, 6) is -0.130. The van der Waals surface area contributed by atoms with Crippen LogP contribution in [0.1, 0.15) is 42.6 Å². The first-order valence-corrected chi connectivity index (χ1v) is 6.68. The molecule has 4 nitrogen and oxygen atoms in total. The number of hydrogen-bond acceptors (Lipinski definition) is 3. The molecule has 1 aromatic rings. The van der Waals surface area contributed by atoms with Crippen LogP contribution in [0.3, 0.4) is 0 Å². The lowest BCUT2D eigenvalue weighted by atomic mass is 10.0. The summed E-state index contributed by atoms with van der Waals surface area (Å²) in [6.45, 7) is 4.31. The second-order valence-electron chi connectivity index (χ2n) is 4.68. The van der Waals surface area contributed by atoms with E-state index in [1.807, 2.05) is 31.2 Å². The van der Waals surface area contributed by atoms with E-state index in [1.54, 1.807) is 0 Å². The second-order valence-corrected chi connectivity index (χ2v) is 4.68. The van der Waals surface area contributed by atoms with Crippen molar-refractivity contribution in [1.29, 1.82) is 0 Å². The number of carbonyl (C=O) groups excluding carboxylic acids is 2. The lowest BCUT2D eigenvalue weighted by molar-refractivity contribution is -0.121. The zero-order valence-corrected chi connectivity index (χ0v) is 12.8. The Morgan fingerprint density at radius 2 is 1.80 bits per heavy atom. The molecule has 1 aromatic carbocycles. The molecular weight excluding hydrogens is 276 g/mol. The van der Waals surface area contributed by atoms with E-state index in [1.165, 1.54) is 5.56 Å². The molecule has 1 atom stereocenters. The number of ketones is 1. The van der Waals surface area contributed by atoms with Crippen LogP contribution in [0.2, 0.25) is 0 Å². The molecule has 1 amide bonds. The average molecular weight is 299 g/mol. The molecule has 0 saturated carbocycles. The Morgan fingerprint density at radius 1 is 1.20 bits per heavy atom. The minimum absolute atomic E-state index is 0. The van der Waals surface area contributed by atoms with Crippen LogP contribution in [0.5, 0.6) is 0 Å². The highest BCUT2D eigenvalue weighted by molar-refractivity contribution is 5.97. The number of nitrogens with two attached hydrogens (primary N) is 1. The van der Waals surface area contributed by atoms with Crippen LogP contribution in [0, 0.1) is 0 Å². The van der Waals surface area contributed by atoms with Gasteiger partial charge in [0.2, 0.25) is 5.91 Å². The smallest absolute Gasteiger partial charge is 0.220 e. The molecule has 0 spiro atoms. The maximum absolute atomic E-state index is 11.9. The van der Waals surface area contributed by atoms with E-state index in [9.17, 15) is 9.59 Å².